The van der Waals surface area contributed by atoms with E-state index in [1.807, 2.05) is 19.1 Å². The van der Waals surface area contributed by atoms with Crippen molar-refractivity contribution in [1.82, 2.24) is 0 Å². The van der Waals surface area contributed by atoms with E-state index < -0.39 is 0 Å². The summed E-state index contributed by atoms with van der Waals surface area (Å²) in [7, 11) is 0. The van der Waals surface area contributed by atoms with Crippen LogP contribution in [-0.4, -0.2) is 12.1 Å². The van der Waals surface area contributed by atoms with E-state index in [4.69, 9.17) is 10.00 Å². The third-order valence-electron chi connectivity index (χ3n) is 2.43. The molecule has 0 N–H and O–H groups in total. The normalized spacial score (nSPS) is 29.6. The molecule has 0 aromatic heterocycles. The van der Waals surface area contributed by atoms with Gasteiger partial charge in [-0.05, 0) is 19.1 Å². The minimum absolute atomic E-state index is 0.102. The molecule has 2 unspecified atom stereocenters. The zero-order valence-corrected chi connectivity index (χ0v) is 7.73. The number of nitrogens with zero attached hydrogens (tertiary/aromatic N) is 1. The Labute approximate surface area is 82.0 Å². The van der Waals surface area contributed by atoms with Crippen molar-refractivity contribution in [1.29, 1.82) is 5.26 Å². The molecule has 3 nitrogen and oxygen atoms in total. The smallest absolute Gasteiger partial charge is 0.331 e. The van der Waals surface area contributed by atoms with Gasteiger partial charge in [0, 0.05) is 12.0 Å². The molecule has 1 aliphatic heterocycles. The van der Waals surface area contributed by atoms with Gasteiger partial charge in [0.2, 0.25) is 0 Å². The molecule has 0 radical (unpaired) electrons. The molecule has 1 aliphatic carbocycles. The van der Waals surface area contributed by atoms with Gasteiger partial charge in [-0.3, -0.25) is 0 Å². The summed E-state index contributed by atoms with van der Waals surface area (Å²) < 4.78 is 5.10. The molecule has 0 saturated heterocycles. The lowest BCUT2D eigenvalue weighted by Crippen LogP contribution is -2.30. The van der Waals surface area contributed by atoms with Crippen molar-refractivity contribution in [2.45, 2.75) is 13.0 Å². The Hall–Kier alpha value is -1.82. The average molecular weight is 187 g/mol. The van der Waals surface area contributed by atoms with Crippen LogP contribution in [0.5, 0.6) is 0 Å². The first-order chi connectivity index (χ1) is 6.70. The zero-order chi connectivity index (χ0) is 10.1. The second kappa shape index (κ2) is 3.15. The van der Waals surface area contributed by atoms with Crippen molar-refractivity contribution in [3.8, 4) is 6.07 Å². The summed E-state index contributed by atoms with van der Waals surface area (Å²) in [4.78, 5) is 11.1. The number of fused-ring (bicyclic) bond motifs is 1. The van der Waals surface area contributed by atoms with Gasteiger partial charge in [0.15, 0.2) is 0 Å². The summed E-state index contributed by atoms with van der Waals surface area (Å²) in [6, 6.07) is 2.03. The molecule has 0 fully saturated rings. The fourth-order valence-electron chi connectivity index (χ4n) is 1.70. The molecule has 0 saturated carbocycles. The van der Waals surface area contributed by atoms with Gasteiger partial charge in [0.25, 0.3) is 0 Å². The number of hydrogen-bond donors (Lipinski definition) is 0. The van der Waals surface area contributed by atoms with Crippen molar-refractivity contribution in [2.75, 3.05) is 0 Å². The molecule has 70 valence electrons. The molecule has 0 amide bonds. The van der Waals surface area contributed by atoms with E-state index in [-0.39, 0.29) is 18.0 Å². The first kappa shape index (κ1) is 8.76. The first-order valence-electron chi connectivity index (χ1n) is 4.39. The van der Waals surface area contributed by atoms with Crippen LogP contribution in [0.3, 0.4) is 0 Å². The van der Waals surface area contributed by atoms with Crippen molar-refractivity contribution in [2.24, 2.45) is 5.92 Å². The summed E-state index contributed by atoms with van der Waals surface area (Å²) in [5, 5.41) is 8.69. The van der Waals surface area contributed by atoms with E-state index in [2.05, 4.69) is 0 Å². The van der Waals surface area contributed by atoms with Crippen LogP contribution in [0.2, 0.25) is 0 Å². The summed E-state index contributed by atoms with van der Waals surface area (Å²) in [5.74, 6) is -0.225. The number of carbonyl (C=O) groups is 1. The van der Waals surface area contributed by atoms with Crippen LogP contribution in [-0.2, 0) is 9.53 Å². The summed E-state index contributed by atoms with van der Waals surface area (Å²) >= 11 is 0. The molecule has 0 aromatic carbocycles. The predicted molar refractivity (Wildman–Crippen MR) is 50.0 cm³/mol. The van der Waals surface area contributed by atoms with E-state index in [0.29, 0.717) is 5.57 Å². The topological polar surface area (TPSA) is 50.1 Å². The van der Waals surface area contributed by atoms with Gasteiger partial charge < -0.3 is 4.74 Å². The van der Waals surface area contributed by atoms with Crippen LogP contribution < -0.4 is 0 Å². The maximum absolute atomic E-state index is 11.1. The lowest BCUT2D eigenvalue weighted by Gasteiger charge is -2.28. The molecule has 14 heavy (non-hydrogen) atoms. The van der Waals surface area contributed by atoms with Gasteiger partial charge in [-0.15, -0.1) is 0 Å². The number of nitriles is 1. The SMILES string of the molecule is CC1=CC(=O)OC2C=C(C#N)C=CC12. The Morgan fingerprint density at radius 2 is 2.36 bits per heavy atom. The fraction of sp³-hybridized carbons (Fsp3) is 0.273. The third kappa shape index (κ3) is 1.35. The highest BCUT2D eigenvalue weighted by molar-refractivity contribution is 5.84. The number of hydrogen-bond acceptors (Lipinski definition) is 3. The maximum atomic E-state index is 11.1. The molecular formula is C11H9NO2. The summed E-state index contributed by atoms with van der Waals surface area (Å²) in [5.41, 5.74) is 1.53. The fourth-order valence-corrected chi connectivity index (χ4v) is 1.70. The van der Waals surface area contributed by atoms with Gasteiger partial charge in [0.05, 0.1) is 11.6 Å². The molecule has 3 heteroatoms. The Morgan fingerprint density at radius 1 is 1.57 bits per heavy atom. The largest absolute Gasteiger partial charge is 0.454 e. The van der Waals surface area contributed by atoms with Crippen molar-refractivity contribution in [3.05, 3.63) is 35.5 Å². The average Bonchev–Trinajstić information content (AvgIpc) is 2.16. The van der Waals surface area contributed by atoms with Gasteiger partial charge in [-0.2, -0.15) is 5.26 Å². The van der Waals surface area contributed by atoms with E-state index in [1.54, 1.807) is 12.2 Å². The van der Waals surface area contributed by atoms with Crippen molar-refractivity contribution < 1.29 is 9.53 Å². The lowest BCUT2D eigenvalue weighted by atomic mass is 9.87. The number of esters is 1. The van der Waals surface area contributed by atoms with E-state index in [0.717, 1.165) is 5.57 Å². The second-order valence-corrected chi connectivity index (χ2v) is 3.41. The number of carbonyl (C=O) groups excluding carboxylic acids is 1. The van der Waals surface area contributed by atoms with Crippen LogP contribution in [0.15, 0.2) is 35.5 Å². The van der Waals surface area contributed by atoms with Crippen molar-refractivity contribution >= 4 is 5.97 Å². The van der Waals surface area contributed by atoms with Gasteiger partial charge in [0.1, 0.15) is 6.10 Å². The summed E-state index contributed by atoms with van der Waals surface area (Å²) in [6.45, 7) is 1.90. The van der Waals surface area contributed by atoms with E-state index in [9.17, 15) is 4.79 Å². The molecular weight excluding hydrogens is 178 g/mol. The standard InChI is InChI=1S/C11H9NO2/c1-7-4-11(13)14-10-5-8(6-12)2-3-9(7)10/h2-5,9-10H,1H3. The van der Waals surface area contributed by atoms with Crippen LogP contribution in [0.25, 0.3) is 0 Å². The third-order valence-corrected chi connectivity index (χ3v) is 2.43. The molecule has 2 aliphatic rings. The quantitative estimate of drug-likeness (QED) is 0.540. The minimum atomic E-state index is -0.326. The Kier molecular flexibility index (Phi) is 1.97. The molecule has 0 bridgehead atoms. The minimum Gasteiger partial charge on any atom is -0.454 e. The second-order valence-electron chi connectivity index (χ2n) is 3.41. The van der Waals surface area contributed by atoms with Crippen molar-refractivity contribution in [3.63, 3.8) is 0 Å². The van der Waals surface area contributed by atoms with Crippen LogP contribution in [0.4, 0.5) is 0 Å². The lowest BCUT2D eigenvalue weighted by molar-refractivity contribution is -0.143. The zero-order valence-electron chi connectivity index (χ0n) is 7.73. The molecule has 1 heterocycles. The van der Waals surface area contributed by atoms with Crippen LogP contribution in [0.1, 0.15) is 6.92 Å². The highest BCUT2D eigenvalue weighted by atomic mass is 16.5. The van der Waals surface area contributed by atoms with Gasteiger partial charge in [-0.25, -0.2) is 4.79 Å². The highest BCUT2D eigenvalue weighted by Crippen LogP contribution is 2.29. The molecule has 2 rings (SSSR count). The summed E-state index contributed by atoms with van der Waals surface area (Å²) in [6.07, 6.45) is 6.56. The van der Waals surface area contributed by atoms with E-state index >= 15 is 0 Å². The van der Waals surface area contributed by atoms with Crippen LogP contribution >= 0.6 is 0 Å². The molecule has 2 atom stereocenters. The monoisotopic (exact) mass is 187 g/mol. The van der Waals surface area contributed by atoms with E-state index in [1.165, 1.54) is 6.08 Å². The predicted octanol–water partition coefficient (Wildman–Crippen LogP) is 1.49. The number of rotatable bonds is 0. The first-order valence-corrected chi connectivity index (χ1v) is 4.39. The maximum Gasteiger partial charge on any atom is 0.331 e. The number of allylic oxidation sites excluding steroid dienone is 2. The van der Waals surface area contributed by atoms with Gasteiger partial charge >= 0.3 is 5.97 Å². The number of ether oxygens (including phenoxy) is 1. The Balaban J connectivity index is 2.35. The van der Waals surface area contributed by atoms with Crippen LogP contribution in [0, 0.1) is 17.2 Å². The van der Waals surface area contributed by atoms with Gasteiger partial charge in [-0.1, -0.05) is 11.6 Å². The Bertz CT molecular complexity index is 409. The Morgan fingerprint density at radius 3 is 3.07 bits per heavy atom. The highest BCUT2D eigenvalue weighted by Gasteiger charge is 2.29. The molecule has 0 spiro atoms. The molecule has 0 aromatic rings.